The lowest BCUT2D eigenvalue weighted by Gasteiger charge is -2.26. The number of hydrogen-bond acceptors (Lipinski definition) is 1. The Bertz CT molecular complexity index is 693. The molecule has 0 heterocycles. The lowest BCUT2D eigenvalue weighted by Crippen LogP contribution is -2.18. The van der Waals surface area contributed by atoms with Crippen molar-refractivity contribution in [3.8, 4) is 16.9 Å². The molecule has 128 valence electrons. The van der Waals surface area contributed by atoms with Crippen LogP contribution >= 0.6 is 0 Å². The molecule has 0 saturated heterocycles. The number of hydrogen-bond donors (Lipinski definition) is 0. The second-order valence-corrected chi connectivity index (χ2v) is 7.71. The molecule has 0 amide bonds. The SMILES string of the molecule is Cc1ccc(-c2ccc(OCC3CCC(C)CC3)cc2C)cc1C. The van der Waals surface area contributed by atoms with E-state index in [-0.39, 0.29) is 0 Å². The first-order chi connectivity index (χ1) is 11.5. The maximum absolute atomic E-state index is 6.10. The summed E-state index contributed by atoms with van der Waals surface area (Å²) >= 11 is 0. The number of benzene rings is 2. The Kier molecular flexibility index (Phi) is 5.28. The minimum atomic E-state index is 0.737. The van der Waals surface area contributed by atoms with Crippen molar-refractivity contribution in [3.05, 3.63) is 53.1 Å². The molecule has 0 unspecified atom stereocenters. The second kappa shape index (κ2) is 7.42. The number of aryl methyl sites for hydroxylation is 3. The zero-order valence-corrected chi connectivity index (χ0v) is 15.6. The third kappa shape index (κ3) is 4.01. The van der Waals surface area contributed by atoms with E-state index in [1.807, 2.05) is 0 Å². The molecule has 0 radical (unpaired) electrons. The zero-order chi connectivity index (χ0) is 17.1. The molecule has 1 heteroatoms. The maximum Gasteiger partial charge on any atom is 0.119 e. The largest absolute Gasteiger partial charge is 0.493 e. The highest BCUT2D eigenvalue weighted by Gasteiger charge is 2.18. The Hall–Kier alpha value is -1.76. The van der Waals surface area contributed by atoms with Crippen LogP contribution < -0.4 is 4.74 Å². The maximum atomic E-state index is 6.10. The van der Waals surface area contributed by atoms with Crippen LogP contribution in [0.5, 0.6) is 5.75 Å². The van der Waals surface area contributed by atoms with Crippen LogP contribution in [0.3, 0.4) is 0 Å². The van der Waals surface area contributed by atoms with Crippen molar-refractivity contribution in [2.45, 2.75) is 53.4 Å². The van der Waals surface area contributed by atoms with Crippen molar-refractivity contribution in [1.82, 2.24) is 0 Å². The van der Waals surface area contributed by atoms with E-state index < -0.39 is 0 Å². The van der Waals surface area contributed by atoms with Gasteiger partial charge in [0.2, 0.25) is 0 Å². The van der Waals surface area contributed by atoms with Gasteiger partial charge in [-0.1, -0.05) is 44.0 Å². The monoisotopic (exact) mass is 322 g/mol. The van der Waals surface area contributed by atoms with Crippen LogP contribution in [0, 0.1) is 32.6 Å². The summed E-state index contributed by atoms with van der Waals surface area (Å²) < 4.78 is 6.10. The van der Waals surface area contributed by atoms with Gasteiger partial charge in [-0.05, 0) is 85.4 Å². The average molecular weight is 322 g/mol. The van der Waals surface area contributed by atoms with Gasteiger partial charge in [-0.3, -0.25) is 0 Å². The lowest BCUT2D eigenvalue weighted by atomic mass is 9.83. The molecule has 1 aliphatic carbocycles. The second-order valence-electron chi connectivity index (χ2n) is 7.71. The highest BCUT2D eigenvalue weighted by Crippen LogP contribution is 2.31. The van der Waals surface area contributed by atoms with Crippen LogP contribution in [-0.2, 0) is 0 Å². The molecule has 1 aliphatic rings. The van der Waals surface area contributed by atoms with Gasteiger partial charge in [0, 0.05) is 0 Å². The summed E-state index contributed by atoms with van der Waals surface area (Å²) in [5, 5.41) is 0. The van der Waals surface area contributed by atoms with E-state index in [4.69, 9.17) is 4.74 Å². The molecule has 24 heavy (non-hydrogen) atoms. The van der Waals surface area contributed by atoms with Crippen molar-refractivity contribution in [2.75, 3.05) is 6.61 Å². The standard InChI is InChI=1S/C23H30O/c1-16-5-8-20(9-6-16)15-24-22-11-12-23(19(4)14-22)21-10-7-17(2)18(3)13-21/h7,10-14,16,20H,5-6,8-9,15H2,1-4H3. The molecule has 0 spiro atoms. The van der Waals surface area contributed by atoms with E-state index in [1.54, 1.807) is 0 Å². The fraction of sp³-hybridized carbons (Fsp3) is 0.478. The van der Waals surface area contributed by atoms with Gasteiger partial charge in [0.15, 0.2) is 0 Å². The predicted molar refractivity (Wildman–Crippen MR) is 103 cm³/mol. The Labute approximate surface area is 147 Å². The van der Waals surface area contributed by atoms with E-state index in [0.29, 0.717) is 0 Å². The number of ether oxygens (including phenoxy) is 1. The van der Waals surface area contributed by atoms with Crippen molar-refractivity contribution in [2.24, 2.45) is 11.8 Å². The van der Waals surface area contributed by atoms with Crippen molar-refractivity contribution in [1.29, 1.82) is 0 Å². The van der Waals surface area contributed by atoms with E-state index in [0.717, 1.165) is 24.2 Å². The van der Waals surface area contributed by atoms with E-state index in [2.05, 4.69) is 64.1 Å². The van der Waals surface area contributed by atoms with E-state index in [9.17, 15) is 0 Å². The third-order valence-corrected chi connectivity index (χ3v) is 5.64. The van der Waals surface area contributed by atoms with Crippen LogP contribution in [0.1, 0.15) is 49.3 Å². The predicted octanol–water partition coefficient (Wildman–Crippen LogP) is 6.48. The third-order valence-electron chi connectivity index (χ3n) is 5.64. The van der Waals surface area contributed by atoms with Gasteiger partial charge in [-0.25, -0.2) is 0 Å². The summed E-state index contributed by atoms with van der Waals surface area (Å²) in [6.45, 7) is 9.76. The van der Waals surface area contributed by atoms with Gasteiger partial charge >= 0.3 is 0 Å². The molecule has 2 aromatic rings. The summed E-state index contributed by atoms with van der Waals surface area (Å²) in [5.74, 6) is 2.65. The highest BCUT2D eigenvalue weighted by atomic mass is 16.5. The Morgan fingerprint density at radius 2 is 1.58 bits per heavy atom. The first kappa shape index (κ1) is 17.1. The van der Waals surface area contributed by atoms with Gasteiger partial charge in [-0.2, -0.15) is 0 Å². The normalized spacial score (nSPS) is 20.8. The molecule has 1 saturated carbocycles. The van der Waals surface area contributed by atoms with Crippen molar-refractivity contribution < 1.29 is 4.74 Å². The molecule has 1 nitrogen and oxygen atoms in total. The molecule has 0 atom stereocenters. The molecule has 0 bridgehead atoms. The van der Waals surface area contributed by atoms with Crippen LogP contribution in [-0.4, -0.2) is 6.61 Å². The van der Waals surface area contributed by atoms with Crippen molar-refractivity contribution >= 4 is 0 Å². The fourth-order valence-electron chi connectivity index (χ4n) is 3.67. The topological polar surface area (TPSA) is 9.23 Å². The Morgan fingerprint density at radius 3 is 2.25 bits per heavy atom. The first-order valence-electron chi connectivity index (χ1n) is 9.34. The van der Waals surface area contributed by atoms with Gasteiger partial charge < -0.3 is 4.74 Å². The number of rotatable bonds is 4. The molecular formula is C23H30O. The quantitative estimate of drug-likeness (QED) is 0.625. The van der Waals surface area contributed by atoms with Gasteiger partial charge in [0.05, 0.1) is 6.61 Å². The van der Waals surface area contributed by atoms with Crippen LogP contribution in [0.2, 0.25) is 0 Å². The first-order valence-corrected chi connectivity index (χ1v) is 9.34. The van der Waals surface area contributed by atoms with Gasteiger partial charge in [0.25, 0.3) is 0 Å². The molecule has 2 aromatic carbocycles. The fourth-order valence-corrected chi connectivity index (χ4v) is 3.67. The zero-order valence-electron chi connectivity index (χ0n) is 15.6. The minimum Gasteiger partial charge on any atom is -0.493 e. The molecule has 1 fully saturated rings. The summed E-state index contributed by atoms with van der Waals surface area (Å²) in [7, 11) is 0. The summed E-state index contributed by atoms with van der Waals surface area (Å²) in [6.07, 6.45) is 5.36. The molecule has 3 rings (SSSR count). The van der Waals surface area contributed by atoms with E-state index in [1.165, 1.54) is 53.5 Å². The summed E-state index contributed by atoms with van der Waals surface area (Å²) in [4.78, 5) is 0. The molecule has 0 N–H and O–H groups in total. The molecule has 0 aromatic heterocycles. The van der Waals surface area contributed by atoms with Crippen molar-refractivity contribution in [3.63, 3.8) is 0 Å². The van der Waals surface area contributed by atoms with E-state index >= 15 is 0 Å². The Balaban J connectivity index is 1.67. The smallest absolute Gasteiger partial charge is 0.119 e. The van der Waals surface area contributed by atoms with Crippen LogP contribution in [0.4, 0.5) is 0 Å². The molecular weight excluding hydrogens is 292 g/mol. The van der Waals surface area contributed by atoms with Crippen LogP contribution in [0.25, 0.3) is 11.1 Å². The van der Waals surface area contributed by atoms with Gasteiger partial charge in [-0.15, -0.1) is 0 Å². The summed E-state index contributed by atoms with van der Waals surface area (Å²) in [5.41, 5.74) is 6.57. The average Bonchev–Trinajstić information content (AvgIpc) is 2.57. The minimum absolute atomic E-state index is 0.737. The van der Waals surface area contributed by atoms with Gasteiger partial charge in [0.1, 0.15) is 5.75 Å². The molecule has 0 aliphatic heterocycles. The summed E-state index contributed by atoms with van der Waals surface area (Å²) in [6, 6.07) is 13.2. The lowest BCUT2D eigenvalue weighted by molar-refractivity contribution is 0.188. The van der Waals surface area contributed by atoms with Crippen LogP contribution in [0.15, 0.2) is 36.4 Å². The Morgan fingerprint density at radius 1 is 0.833 bits per heavy atom. The highest BCUT2D eigenvalue weighted by molar-refractivity contribution is 5.69.